The predicted molar refractivity (Wildman–Crippen MR) is 93.6 cm³/mol. The van der Waals surface area contributed by atoms with E-state index < -0.39 is 17.8 Å². The van der Waals surface area contributed by atoms with Crippen molar-refractivity contribution < 1.29 is 18.3 Å². The molecule has 1 atom stereocenters. The number of ether oxygens (including phenoxy) is 1. The van der Waals surface area contributed by atoms with Gasteiger partial charge in [0.2, 0.25) is 5.76 Å². The van der Waals surface area contributed by atoms with Gasteiger partial charge in [-0.05, 0) is 18.2 Å². The summed E-state index contributed by atoms with van der Waals surface area (Å²) in [4.78, 5) is 27.4. The van der Waals surface area contributed by atoms with Gasteiger partial charge in [-0.15, -0.1) is 0 Å². The third-order valence-electron chi connectivity index (χ3n) is 4.61. The first kappa shape index (κ1) is 16.5. The number of hydrogen-bond donors (Lipinski definition) is 0. The third-order valence-corrected chi connectivity index (χ3v) is 4.61. The van der Waals surface area contributed by atoms with Gasteiger partial charge in [0.05, 0.1) is 23.6 Å². The maximum Gasteiger partial charge on any atom is 0.290 e. The lowest BCUT2D eigenvalue weighted by atomic mass is 9.98. The topological polar surface area (TPSA) is 59.8 Å². The van der Waals surface area contributed by atoms with E-state index in [1.807, 2.05) is 0 Å². The number of para-hydroxylation sites is 1. The number of nitrogens with zero attached hydrogens (tertiary/aromatic N) is 1. The monoisotopic (exact) mass is 353 g/mol. The molecule has 1 amide bonds. The molecule has 3 aromatic rings. The fraction of sp³-hybridized carbons (Fsp3) is 0.200. The lowest BCUT2D eigenvalue weighted by molar-refractivity contribution is 0.0661. The molecule has 1 aromatic heterocycles. The number of amides is 1. The summed E-state index contributed by atoms with van der Waals surface area (Å²) in [6.45, 7) is 0.479. The number of carbonyl (C=O) groups is 1. The molecule has 2 heterocycles. The summed E-state index contributed by atoms with van der Waals surface area (Å²) >= 11 is 0. The molecule has 26 heavy (non-hydrogen) atoms. The Morgan fingerprint density at radius 1 is 1.12 bits per heavy atom. The Hall–Kier alpha value is -2.99. The van der Waals surface area contributed by atoms with Crippen molar-refractivity contribution in [1.82, 2.24) is 4.90 Å². The van der Waals surface area contributed by atoms with Gasteiger partial charge < -0.3 is 14.1 Å². The molecule has 1 unspecified atom stereocenters. The molecule has 0 bridgehead atoms. The van der Waals surface area contributed by atoms with E-state index >= 15 is 0 Å². The van der Waals surface area contributed by atoms with E-state index in [1.54, 1.807) is 42.5 Å². The van der Waals surface area contributed by atoms with E-state index in [-0.39, 0.29) is 35.5 Å². The van der Waals surface area contributed by atoms with Gasteiger partial charge in [-0.3, -0.25) is 9.59 Å². The predicted octanol–water partition coefficient (Wildman–Crippen LogP) is 3.12. The molecule has 132 valence electrons. The zero-order chi connectivity index (χ0) is 18.3. The zero-order valence-electron chi connectivity index (χ0n) is 14.1. The van der Waals surface area contributed by atoms with Gasteiger partial charge in [-0.1, -0.05) is 30.3 Å². The third kappa shape index (κ3) is 2.42. The first-order valence-corrected chi connectivity index (χ1v) is 8.23. The Kier molecular flexibility index (Phi) is 4.05. The number of hydrogen-bond acceptors (Lipinski definition) is 4. The highest BCUT2D eigenvalue weighted by molar-refractivity contribution is 5.99. The molecule has 1 aliphatic rings. The highest BCUT2D eigenvalue weighted by Crippen LogP contribution is 2.38. The van der Waals surface area contributed by atoms with Crippen molar-refractivity contribution in [3.05, 3.63) is 81.5 Å². The standard InChI is InChI=1S/C20H16FNO4/c1-25-11-10-22-17(12-6-2-4-8-14(12)21)16-18(23)13-7-3-5-9-15(13)26-19(16)20(22)24/h2-9,17H,10-11H2,1H3. The van der Waals surface area contributed by atoms with Crippen LogP contribution in [0.1, 0.15) is 27.7 Å². The van der Waals surface area contributed by atoms with Crippen LogP contribution in [-0.4, -0.2) is 31.1 Å². The van der Waals surface area contributed by atoms with Crippen LogP contribution in [0.3, 0.4) is 0 Å². The molecule has 0 saturated carbocycles. The van der Waals surface area contributed by atoms with E-state index in [0.717, 1.165) is 0 Å². The van der Waals surface area contributed by atoms with Crippen LogP contribution in [0.5, 0.6) is 0 Å². The van der Waals surface area contributed by atoms with Crippen LogP contribution in [0.25, 0.3) is 11.0 Å². The first-order chi connectivity index (χ1) is 12.6. The molecule has 0 fully saturated rings. The summed E-state index contributed by atoms with van der Waals surface area (Å²) in [7, 11) is 1.52. The van der Waals surface area contributed by atoms with Crippen molar-refractivity contribution in [3.8, 4) is 0 Å². The van der Waals surface area contributed by atoms with Crippen LogP contribution in [0.2, 0.25) is 0 Å². The first-order valence-electron chi connectivity index (χ1n) is 8.23. The summed E-state index contributed by atoms with van der Waals surface area (Å²) in [5, 5.41) is 0.369. The van der Waals surface area contributed by atoms with Crippen LogP contribution in [0, 0.1) is 5.82 Å². The van der Waals surface area contributed by atoms with E-state index in [2.05, 4.69) is 0 Å². The minimum absolute atomic E-state index is 0.0296. The molecule has 0 spiro atoms. The van der Waals surface area contributed by atoms with Crippen LogP contribution in [0.4, 0.5) is 4.39 Å². The number of methoxy groups -OCH3 is 1. The SMILES string of the molecule is COCCN1C(=O)c2oc3ccccc3c(=O)c2C1c1ccccc1F. The Morgan fingerprint density at radius 3 is 2.62 bits per heavy atom. The number of halogens is 1. The van der Waals surface area contributed by atoms with Gasteiger partial charge in [0.15, 0.2) is 5.43 Å². The van der Waals surface area contributed by atoms with E-state index in [0.29, 0.717) is 11.0 Å². The summed E-state index contributed by atoms with van der Waals surface area (Å²) < 4.78 is 25.3. The summed E-state index contributed by atoms with van der Waals surface area (Å²) in [6, 6.07) is 12.0. The smallest absolute Gasteiger partial charge is 0.290 e. The minimum atomic E-state index is -0.838. The average Bonchev–Trinajstić information content (AvgIpc) is 2.93. The van der Waals surface area contributed by atoms with Crippen molar-refractivity contribution in [1.29, 1.82) is 0 Å². The van der Waals surface area contributed by atoms with E-state index in [4.69, 9.17) is 9.15 Å². The van der Waals surface area contributed by atoms with Crippen molar-refractivity contribution >= 4 is 16.9 Å². The molecular weight excluding hydrogens is 337 g/mol. The minimum Gasteiger partial charge on any atom is -0.450 e. The van der Waals surface area contributed by atoms with Gasteiger partial charge in [0.25, 0.3) is 5.91 Å². The second-order valence-electron chi connectivity index (χ2n) is 6.09. The molecule has 5 nitrogen and oxygen atoms in total. The largest absolute Gasteiger partial charge is 0.450 e. The van der Waals surface area contributed by atoms with Crippen molar-refractivity contribution in [3.63, 3.8) is 0 Å². The Balaban J connectivity index is 2.00. The number of rotatable bonds is 4. The second kappa shape index (κ2) is 6.38. The van der Waals surface area contributed by atoms with Gasteiger partial charge in [0, 0.05) is 19.2 Å². The fourth-order valence-corrected chi connectivity index (χ4v) is 3.41. The highest BCUT2D eigenvalue weighted by atomic mass is 19.1. The van der Waals surface area contributed by atoms with Crippen molar-refractivity contribution in [2.45, 2.75) is 6.04 Å². The number of fused-ring (bicyclic) bond motifs is 2. The van der Waals surface area contributed by atoms with Gasteiger partial charge in [-0.25, -0.2) is 4.39 Å². The number of carbonyl (C=O) groups excluding carboxylic acids is 1. The molecule has 0 saturated heterocycles. The second-order valence-corrected chi connectivity index (χ2v) is 6.09. The van der Waals surface area contributed by atoms with E-state index in [9.17, 15) is 14.0 Å². The molecule has 1 aliphatic heterocycles. The lowest BCUT2D eigenvalue weighted by Crippen LogP contribution is -2.33. The van der Waals surface area contributed by atoms with Gasteiger partial charge >= 0.3 is 0 Å². The molecular formula is C20H16FNO4. The maximum atomic E-state index is 14.5. The van der Waals surface area contributed by atoms with Gasteiger partial charge in [0.1, 0.15) is 11.4 Å². The maximum absolute atomic E-state index is 14.5. The lowest BCUT2D eigenvalue weighted by Gasteiger charge is -2.25. The average molecular weight is 353 g/mol. The fourth-order valence-electron chi connectivity index (χ4n) is 3.41. The molecule has 0 radical (unpaired) electrons. The quantitative estimate of drug-likeness (QED) is 0.723. The number of benzene rings is 2. The zero-order valence-corrected chi connectivity index (χ0v) is 14.1. The summed E-state index contributed by atoms with van der Waals surface area (Å²) in [6.07, 6.45) is 0. The molecule has 0 N–H and O–H groups in total. The normalized spacial score (nSPS) is 16.3. The Morgan fingerprint density at radius 2 is 1.85 bits per heavy atom. The van der Waals surface area contributed by atoms with Crippen molar-refractivity contribution in [2.75, 3.05) is 20.3 Å². The molecule has 2 aromatic carbocycles. The summed E-state index contributed by atoms with van der Waals surface area (Å²) in [5.41, 5.74) is 0.460. The van der Waals surface area contributed by atoms with Crippen LogP contribution < -0.4 is 5.43 Å². The van der Waals surface area contributed by atoms with Crippen molar-refractivity contribution in [2.24, 2.45) is 0 Å². The van der Waals surface area contributed by atoms with Crippen LogP contribution in [0.15, 0.2) is 57.7 Å². The highest BCUT2D eigenvalue weighted by Gasteiger charge is 2.43. The van der Waals surface area contributed by atoms with Crippen LogP contribution in [-0.2, 0) is 4.74 Å². The Bertz CT molecular complexity index is 1060. The molecule has 6 heteroatoms. The Labute approximate surface area is 148 Å². The summed E-state index contributed by atoms with van der Waals surface area (Å²) in [5.74, 6) is -0.945. The van der Waals surface area contributed by atoms with E-state index in [1.165, 1.54) is 18.1 Å². The molecule has 4 rings (SSSR count). The van der Waals surface area contributed by atoms with Gasteiger partial charge in [-0.2, -0.15) is 0 Å². The molecule has 0 aliphatic carbocycles. The van der Waals surface area contributed by atoms with Crippen LogP contribution >= 0.6 is 0 Å².